The Morgan fingerprint density at radius 2 is 1.21 bits per heavy atom. The molecule has 0 bridgehead atoms. The van der Waals surface area contributed by atoms with Gasteiger partial charge in [0, 0.05) is 0 Å². The molecule has 0 aromatic carbocycles. The molecule has 0 aliphatic carbocycles. The molecule has 1 fully saturated rings. The van der Waals surface area contributed by atoms with Gasteiger partial charge in [-0.1, -0.05) is 76.9 Å². The van der Waals surface area contributed by atoms with E-state index in [1.54, 1.807) is 18.7 Å². The lowest BCUT2D eigenvalue weighted by atomic mass is 10.0. The van der Waals surface area contributed by atoms with E-state index in [0.29, 0.717) is 0 Å². The third-order valence-corrected chi connectivity index (χ3v) is 6.99. The lowest BCUT2D eigenvalue weighted by molar-refractivity contribution is -0.192. The molecule has 1 aliphatic heterocycles. The maximum atomic E-state index is 10.00. The van der Waals surface area contributed by atoms with Crippen molar-refractivity contribution in [2.75, 3.05) is 5.75 Å². The van der Waals surface area contributed by atoms with Crippen LogP contribution in [-0.4, -0.2) is 50.9 Å². The second-order valence-electron chi connectivity index (χ2n) is 8.49. The molecule has 1 rings (SSSR count). The molecule has 5 heteroatoms. The minimum atomic E-state index is -1.11. The van der Waals surface area contributed by atoms with Crippen LogP contribution < -0.4 is 0 Å². The predicted molar refractivity (Wildman–Crippen MR) is 124 cm³/mol. The van der Waals surface area contributed by atoms with Gasteiger partial charge in [0.2, 0.25) is 0 Å². The first-order chi connectivity index (χ1) is 14.1. The first-order valence-corrected chi connectivity index (χ1v) is 13.1. The molecule has 0 aromatic rings. The zero-order chi connectivity index (χ0) is 21.3. The van der Waals surface area contributed by atoms with Crippen LogP contribution in [0.5, 0.6) is 0 Å². The third-order valence-electron chi connectivity index (χ3n) is 5.75. The van der Waals surface area contributed by atoms with Crippen molar-refractivity contribution in [2.24, 2.45) is 0 Å². The molecule has 1 aliphatic rings. The summed E-state index contributed by atoms with van der Waals surface area (Å²) in [4.78, 5) is 0. The first kappa shape index (κ1) is 27.0. The highest BCUT2D eigenvalue weighted by Gasteiger charge is 2.41. The van der Waals surface area contributed by atoms with Gasteiger partial charge in [-0.15, -0.1) is 11.8 Å². The van der Waals surface area contributed by atoms with Crippen LogP contribution in [0.25, 0.3) is 0 Å². The average Bonchev–Trinajstić information content (AvgIpc) is 2.72. The normalized spacial score (nSPS) is 27.7. The Bertz CT molecular complexity index is 404. The van der Waals surface area contributed by atoms with Gasteiger partial charge in [0.05, 0.1) is 6.10 Å². The molecule has 0 radical (unpaired) electrons. The number of hydrogen-bond donors (Lipinski definition) is 3. The van der Waals surface area contributed by atoms with Crippen LogP contribution in [0.3, 0.4) is 0 Å². The van der Waals surface area contributed by atoms with E-state index in [2.05, 4.69) is 19.1 Å². The average molecular weight is 431 g/mol. The molecular formula is C24H46O4S. The van der Waals surface area contributed by atoms with Gasteiger partial charge in [-0.2, -0.15) is 0 Å². The first-order valence-electron chi connectivity index (χ1n) is 12.0. The Labute approximate surface area is 183 Å². The number of aliphatic hydroxyl groups is 3. The topological polar surface area (TPSA) is 69.9 Å². The van der Waals surface area contributed by atoms with Crippen molar-refractivity contribution in [3.05, 3.63) is 12.2 Å². The van der Waals surface area contributed by atoms with E-state index in [4.69, 9.17) is 4.74 Å². The highest BCUT2D eigenvalue weighted by Crippen LogP contribution is 2.29. The van der Waals surface area contributed by atoms with Crippen molar-refractivity contribution >= 4 is 11.8 Å². The molecule has 4 nitrogen and oxygen atoms in total. The Morgan fingerprint density at radius 1 is 0.690 bits per heavy atom. The summed E-state index contributed by atoms with van der Waals surface area (Å²) in [5.41, 5.74) is -0.438. The Kier molecular flexibility index (Phi) is 16.4. The van der Waals surface area contributed by atoms with Crippen LogP contribution in [0.2, 0.25) is 0 Å². The number of allylic oxidation sites excluding steroid dienone is 2. The molecular weight excluding hydrogens is 384 g/mol. The fourth-order valence-corrected chi connectivity index (χ4v) is 4.92. The Balaban J connectivity index is 1.86. The molecule has 0 spiro atoms. The predicted octanol–water partition coefficient (Wildman–Crippen LogP) is 5.58. The summed E-state index contributed by atoms with van der Waals surface area (Å²) in [6.07, 6.45) is 19.3. The van der Waals surface area contributed by atoms with E-state index in [9.17, 15) is 15.3 Å². The molecule has 5 atom stereocenters. The number of rotatable bonds is 17. The minimum absolute atomic E-state index is 0.438. The van der Waals surface area contributed by atoms with Crippen molar-refractivity contribution in [1.29, 1.82) is 0 Å². The lowest BCUT2D eigenvalue weighted by Crippen LogP contribution is -2.55. The fourth-order valence-electron chi connectivity index (χ4n) is 3.70. The molecule has 0 amide bonds. The third kappa shape index (κ3) is 12.4. The van der Waals surface area contributed by atoms with Crippen molar-refractivity contribution in [3.63, 3.8) is 0 Å². The summed E-state index contributed by atoms with van der Waals surface area (Å²) in [5.74, 6) is 0.915. The minimum Gasteiger partial charge on any atom is -0.388 e. The second kappa shape index (κ2) is 17.6. The molecule has 29 heavy (non-hydrogen) atoms. The van der Waals surface area contributed by atoms with Crippen molar-refractivity contribution in [3.8, 4) is 0 Å². The molecule has 5 unspecified atom stereocenters. The lowest BCUT2D eigenvalue weighted by Gasteiger charge is -2.39. The molecule has 1 saturated heterocycles. The number of thioether (sulfide) groups is 1. The second-order valence-corrected chi connectivity index (χ2v) is 9.70. The highest BCUT2D eigenvalue weighted by molar-refractivity contribution is 7.99. The monoisotopic (exact) mass is 430 g/mol. The van der Waals surface area contributed by atoms with E-state index in [1.165, 1.54) is 83.5 Å². The Morgan fingerprint density at radius 3 is 1.79 bits per heavy atom. The van der Waals surface area contributed by atoms with E-state index >= 15 is 0 Å². The summed E-state index contributed by atoms with van der Waals surface area (Å²) >= 11 is 1.55. The van der Waals surface area contributed by atoms with Gasteiger partial charge >= 0.3 is 0 Å². The molecule has 172 valence electrons. The van der Waals surface area contributed by atoms with Gasteiger partial charge in [-0.05, 0) is 44.8 Å². The van der Waals surface area contributed by atoms with Crippen LogP contribution in [0.4, 0.5) is 0 Å². The van der Waals surface area contributed by atoms with Gasteiger partial charge in [0.1, 0.15) is 23.7 Å². The van der Waals surface area contributed by atoms with Crippen LogP contribution in [-0.2, 0) is 4.74 Å². The van der Waals surface area contributed by atoms with Gasteiger partial charge in [-0.25, -0.2) is 0 Å². The summed E-state index contributed by atoms with van der Waals surface area (Å²) < 4.78 is 5.61. The van der Waals surface area contributed by atoms with Crippen molar-refractivity contribution in [2.45, 2.75) is 134 Å². The van der Waals surface area contributed by atoms with Crippen LogP contribution in [0.15, 0.2) is 12.2 Å². The highest BCUT2D eigenvalue weighted by atomic mass is 32.2. The van der Waals surface area contributed by atoms with Crippen molar-refractivity contribution in [1.82, 2.24) is 0 Å². The largest absolute Gasteiger partial charge is 0.388 e. The van der Waals surface area contributed by atoms with Crippen LogP contribution in [0.1, 0.15) is 104 Å². The van der Waals surface area contributed by atoms with E-state index in [-0.39, 0.29) is 0 Å². The van der Waals surface area contributed by atoms with Gasteiger partial charge in [0.25, 0.3) is 0 Å². The van der Waals surface area contributed by atoms with Gasteiger partial charge in [0.15, 0.2) is 0 Å². The molecule has 0 aromatic heterocycles. The number of ether oxygens (including phenoxy) is 1. The maximum absolute atomic E-state index is 10.00. The number of hydrogen-bond acceptors (Lipinski definition) is 5. The Hall–Kier alpha value is -0.0700. The number of unbranched alkanes of at least 4 members (excludes halogenated alkanes) is 12. The summed E-state index contributed by atoms with van der Waals surface area (Å²) in [5, 5.41) is 29.5. The quantitative estimate of drug-likeness (QED) is 0.207. The van der Waals surface area contributed by atoms with E-state index in [0.717, 1.165) is 12.2 Å². The molecule has 1 heterocycles. The van der Waals surface area contributed by atoms with E-state index in [1.807, 2.05) is 0 Å². The molecule has 0 saturated carbocycles. The fraction of sp³-hybridized carbons (Fsp3) is 0.917. The van der Waals surface area contributed by atoms with Gasteiger partial charge in [-0.3, -0.25) is 0 Å². The van der Waals surface area contributed by atoms with Crippen molar-refractivity contribution < 1.29 is 20.1 Å². The number of aliphatic hydroxyl groups excluding tert-OH is 3. The molecule has 3 N–H and O–H groups in total. The zero-order valence-corrected chi connectivity index (χ0v) is 19.6. The van der Waals surface area contributed by atoms with Gasteiger partial charge < -0.3 is 20.1 Å². The smallest absolute Gasteiger partial charge is 0.132 e. The summed E-state index contributed by atoms with van der Waals surface area (Å²) in [7, 11) is 0. The zero-order valence-electron chi connectivity index (χ0n) is 18.8. The van der Waals surface area contributed by atoms with E-state index < -0.39 is 29.9 Å². The summed E-state index contributed by atoms with van der Waals surface area (Å²) in [6.45, 7) is 4.00. The maximum Gasteiger partial charge on any atom is 0.132 e. The van der Waals surface area contributed by atoms with Crippen LogP contribution >= 0.6 is 11.8 Å². The SMILES string of the molecule is CCCCCCCC/C=C\CCCCCCCCSC1OC(C)C(O)C(O)C1O. The standard InChI is InChI=1S/C24H46O4S/c1-3-4-5-6-7-8-9-10-11-12-13-14-15-16-17-18-19-29-24-23(27)22(26)21(25)20(2)28-24/h10-11,20-27H,3-9,12-19H2,1-2H3/b11-10-. The summed E-state index contributed by atoms with van der Waals surface area (Å²) in [6, 6.07) is 0. The van der Waals surface area contributed by atoms with Crippen LogP contribution in [0, 0.1) is 0 Å².